The van der Waals surface area contributed by atoms with Crippen LogP contribution in [0.3, 0.4) is 0 Å². The van der Waals surface area contributed by atoms with Crippen LogP contribution in [-0.4, -0.2) is 25.9 Å². The Kier molecular flexibility index (Phi) is 5.63. The molecule has 3 N–H and O–H groups in total. The standard InChI is InChI=1S/C14H21BrN2O2/c1-18-11-5-6-12(15)10(8-11)9-13(17-16)14-4-2-3-7-19-14/h5-6,8,13-14,17H,2-4,7,9,16H2,1H3. The fraction of sp³-hybridized carbons (Fsp3) is 0.571. The lowest BCUT2D eigenvalue weighted by atomic mass is 9.96. The van der Waals surface area contributed by atoms with Gasteiger partial charge in [-0.15, -0.1) is 0 Å². The molecule has 19 heavy (non-hydrogen) atoms. The summed E-state index contributed by atoms with van der Waals surface area (Å²) in [6, 6.07) is 6.11. The molecule has 2 unspecified atom stereocenters. The van der Waals surface area contributed by atoms with Crippen LogP contribution in [0.5, 0.6) is 5.75 Å². The minimum atomic E-state index is 0.128. The summed E-state index contributed by atoms with van der Waals surface area (Å²) in [4.78, 5) is 0. The molecule has 2 rings (SSSR count). The third-order valence-electron chi connectivity index (χ3n) is 3.57. The summed E-state index contributed by atoms with van der Waals surface area (Å²) in [7, 11) is 1.68. The second-order valence-corrected chi connectivity index (χ2v) is 5.69. The van der Waals surface area contributed by atoms with E-state index in [1.807, 2.05) is 18.2 Å². The molecular weight excluding hydrogens is 308 g/mol. The summed E-state index contributed by atoms with van der Waals surface area (Å²) in [5.74, 6) is 6.56. The van der Waals surface area contributed by atoms with Gasteiger partial charge >= 0.3 is 0 Å². The van der Waals surface area contributed by atoms with Crippen molar-refractivity contribution in [3.8, 4) is 5.75 Å². The number of hydrogen-bond donors (Lipinski definition) is 2. The molecule has 0 radical (unpaired) electrons. The number of benzene rings is 1. The summed E-state index contributed by atoms with van der Waals surface area (Å²) in [5.41, 5.74) is 4.08. The highest BCUT2D eigenvalue weighted by Gasteiger charge is 2.24. The number of hydrogen-bond acceptors (Lipinski definition) is 4. The van der Waals surface area contributed by atoms with Crippen LogP contribution in [0, 0.1) is 0 Å². The number of methoxy groups -OCH3 is 1. The van der Waals surface area contributed by atoms with Crippen molar-refractivity contribution >= 4 is 15.9 Å². The zero-order valence-electron chi connectivity index (χ0n) is 11.2. The first-order valence-corrected chi connectivity index (χ1v) is 7.44. The van der Waals surface area contributed by atoms with Crippen LogP contribution < -0.4 is 16.0 Å². The second-order valence-electron chi connectivity index (χ2n) is 4.84. The monoisotopic (exact) mass is 328 g/mol. The Hall–Kier alpha value is -0.620. The predicted molar refractivity (Wildman–Crippen MR) is 79.1 cm³/mol. The third-order valence-corrected chi connectivity index (χ3v) is 4.34. The molecule has 1 aliphatic heterocycles. The van der Waals surface area contributed by atoms with Crippen LogP contribution >= 0.6 is 15.9 Å². The molecule has 1 aromatic carbocycles. The number of ether oxygens (including phenoxy) is 2. The summed E-state index contributed by atoms with van der Waals surface area (Å²) in [6.07, 6.45) is 4.44. The average Bonchev–Trinajstić information content (AvgIpc) is 2.47. The Morgan fingerprint density at radius 2 is 2.37 bits per heavy atom. The van der Waals surface area contributed by atoms with Crippen LogP contribution in [-0.2, 0) is 11.2 Å². The Labute approximate surface area is 122 Å². The van der Waals surface area contributed by atoms with Gasteiger partial charge in [-0.1, -0.05) is 15.9 Å². The Morgan fingerprint density at radius 1 is 1.53 bits per heavy atom. The van der Waals surface area contributed by atoms with Crippen LogP contribution in [0.1, 0.15) is 24.8 Å². The van der Waals surface area contributed by atoms with E-state index in [0.717, 1.165) is 36.1 Å². The highest BCUT2D eigenvalue weighted by atomic mass is 79.9. The van der Waals surface area contributed by atoms with Crippen LogP contribution in [0.4, 0.5) is 0 Å². The number of halogens is 1. The predicted octanol–water partition coefficient (Wildman–Crippen LogP) is 2.40. The molecule has 1 aromatic rings. The topological polar surface area (TPSA) is 56.5 Å². The average molecular weight is 329 g/mol. The Bertz CT molecular complexity index is 408. The van der Waals surface area contributed by atoms with E-state index in [1.165, 1.54) is 12.0 Å². The van der Waals surface area contributed by atoms with Crippen molar-refractivity contribution in [2.45, 2.75) is 37.8 Å². The maximum absolute atomic E-state index is 5.81. The van der Waals surface area contributed by atoms with Crippen molar-refractivity contribution in [3.05, 3.63) is 28.2 Å². The van der Waals surface area contributed by atoms with Gasteiger partial charge in [0.2, 0.25) is 0 Å². The molecule has 1 fully saturated rings. The van der Waals surface area contributed by atoms with Gasteiger partial charge in [-0.25, -0.2) is 0 Å². The summed E-state index contributed by atoms with van der Waals surface area (Å²) >= 11 is 3.58. The van der Waals surface area contributed by atoms with Crippen molar-refractivity contribution < 1.29 is 9.47 Å². The van der Waals surface area contributed by atoms with Gasteiger partial charge < -0.3 is 9.47 Å². The number of nitrogens with two attached hydrogens (primary N) is 1. The number of hydrazine groups is 1. The first kappa shape index (κ1) is 14.8. The van der Waals surface area contributed by atoms with Gasteiger partial charge in [0.05, 0.1) is 19.3 Å². The molecule has 0 aliphatic carbocycles. The molecule has 4 nitrogen and oxygen atoms in total. The van der Waals surface area contributed by atoms with E-state index < -0.39 is 0 Å². The molecule has 0 bridgehead atoms. The Morgan fingerprint density at radius 3 is 3.00 bits per heavy atom. The van der Waals surface area contributed by atoms with Gasteiger partial charge in [0.1, 0.15) is 5.75 Å². The van der Waals surface area contributed by atoms with Gasteiger partial charge in [-0.05, 0) is 49.4 Å². The van der Waals surface area contributed by atoms with E-state index in [0.29, 0.717) is 0 Å². The molecule has 0 saturated carbocycles. The highest BCUT2D eigenvalue weighted by molar-refractivity contribution is 9.10. The van der Waals surface area contributed by atoms with E-state index in [1.54, 1.807) is 7.11 Å². The van der Waals surface area contributed by atoms with Gasteiger partial charge in [0, 0.05) is 11.1 Å². The zero-order chi connectivity index (χ0) is 13.7. The summed E-state index contributed by atoms with van der Waals surface area (Å²) in [5, 5.41) is 0. The lowest BCUT2D eigenvalue weighted by Gasteiger charge is -2.30. The molecule has 1 aliphatic rings. The quantitative estimate of drug-likeness (QED) is 0.643. The molecule has 1 saturated heterocycles. The fourth-order valence-electron chi connectivity index (χ4n) is 2.45. The van der Waals surface area contributed by atoms with E-state index in [-0.39, 0.29) is 12.1 Å². The summed E-state index contributed by atoms with van der Waals surface area (Å²) in [6.45, 7) is 0.835. The first-order chi connectivity index (χ1) is 9.24. The van der Waals surface area contributed by atoms with E-state index >= 15 is 0 Å². The molecule has 0 amide bonds. The van der Waals surface area contributed by atoms with E-state index in [4.69, 9.17) is 15.3 Å². The lowest BCUT2D eigenvalue weighted by Crippen LogP contribution is -2.47. The zero-order valence-corrected chi connectivity index (χ0v) is 12.8. The molecule has 2 atom stereocenters. The lowest BCUT2D eigenvalue weighted by molar-refractivity contribution is -0.00748. The van der Waals surface area contributed by atoms with E-state index in [2.05, 4.69) is 21.4 Å². The van der Waals surface area contributed by atoms with Crippen LogP contribution in [0.2, 0.25) is 0 Å². The molecular formula is C14H21BrN2O2. The minimum Gasteiger partial charge on any atom is -0.497 e. The maximum Gasteiger partial charge on any atom is 0.119 e. The molecule has 0 spiro atoms. The van der Waals surface area contributed by atoms with Gasteiger partial charge in [0.15, 0.2) is 0 Å². The molecule has 0 aromatic heterocycles. The van der Waals surface area contributed by atoms with Crippen LogP contribution in [0.25, 0.3) is 0 Å². The van der Waals surface area contributed by atoms with Gasteiger partial charge in [0.25, 0.3) is 0 Å². The minimum absolute atomic E-state index is 0.128. The normalized spacial score (nSPS) is 21.1. The van der Waals surface area contributed by atoms with Gasteiger partial charge in [-0.3, -0.25) is 11.3 Å². The highest BCUT2D eigenvalue weighted by Crippen LogP contribution is 2.26. The van der Waals surface area contributed by atoms with E-state index in [9.17, 15) is 0 Å². The smallest absolute Gasteiger partial charge is 0.119 e. The van der Waals surface area contributed by atoms with Crippen molar-refractivity contribution in [2.24, 2.45) is 5.84 Å². The number of rotatable bonds is 5. The largest absolute Gasteiger partial charge is 0.497 e. The van der Waals surface area contributed by atoms with Crippen molar-refractivity contribution in [2.75, 3.05) is 13.7 Å². The second kappa shape index (κ2) is 7.24. The first-order valence-electron chi connectivity index (χ1n) is 6.64. The van der Waals surface area contributed by atoms with Crippen molar-refractivity contribution in [1.82, 2.24) is 5.43 Å². The van der Waals surface area contributed by atoms with Gasteiger partial charge in [-0.2, -0.15) is 0 Å². The fourth-order valence-corrected chi connectivity index (χ4v) is 2.86. The van der Waals surface area contributed by atoms with Crippen molar-refractivity contribution in [3.63, 3.8) is 0 Å². The molecule has 106 valence electrons. The summed E-state index contributed by atoms with van der Waals surface area (Å²) < 4.78 is 12.2. The van der Waals surface area contributed by atoms with Crippen molar-refractivity contribution in [1.29, 1.82) is 0 Å². The molecule has 5 heteroatoms. The Balaban J connectivity index is 2.08. The SMILES string of the molecule is COc1ccc(Br)c(CC(NN)C2CCCCO2)c1. The third kappa shape index (κ3) is 3.92. The maximum atomic E-state index is 5.81. The number of nitrogens with one attached hydrogen (secondary N) is 1. The molecule has 1 heterocycles. The van der Waals surface area contributed by atoms with Crippen LogP contribution in [0.15, 0.2) is 22.7 Å².